The van der Waals surface area contributed by atoms with E-state index < -0.39 is 0 Å². The van der Waals surface area contributed by atoms with Crippen LogP contribution in [0.3, 0.4) is 0 Å². The molecule has 132 valence electrons. The fraction of sp³-hybridized carbons (Fsp3) is 0.500. The molecule has 2 aliphatic heterocycles. The van der Waals surface area contributed by atoms with Crippen molar-refractivity contribution >= 4 is 17.2 Å². The minimum Gasteiger partial charge on any atom is -0.373 e. The van der Waals surface area contributed by atoms with Crippen molar-refractivity contribution in [1.82, 2.24) is 20.2 Å². The van der Waals surface area contributed by atoms with Gasteiger partial charge < -0.3 is 10.1 Å². The Labute approximate surface area is 151 Å². The summed E-state index contributed by atoms with van der Waals surface area (Å²) in [6.45, 7) is 3.36. The van der Waals surface area contributed by atoms with E-state index in [1.54, 1.807) is 17.5 Å². The minimum absolute atomic E-state index is 0.0373. The van der Waals surface area contributed by atoms with E-state index in [-0.39, 0.29) is 18.1 Å². The molecule has 2 saturated heterocycles. The van der Waals surface area contributed by atoms with E-state index in [1.165, 1.54) is 0 Å². The smallest absolute Gasteiger partial charge is 0.222 e. The van der Waals surface area contributed by atoms with Crippen LogP contribution < -0.4 is 5.32 Å². The van der Waals surface area contributed by atoms with E-state index in [0.717, 1.165) is 36.8 Å². The van der Waals surface area contributed by atoms with Gasteiger partial charge in [0.25, 0.3) is 0 Å². The Balaban J connectivity index is 1.20. The molecule has 6 nitrogen and oxygen atoms in total. The number of rotatable bonds is 6. The highest BCUT2D eigenvalue weighted by atomic mass is 32.1. The summed E-state index contributed by atoms with van der Waals surface area (Å²) in [7, 11) is 0. The highest BCUT2D eigenvalue weighted by Gasteiger charge is 2.42. The largest absolute Gasteiger partial charge is 0.373 e. The molecule has 0 unspecified atom stereocenters. The number of nitrogens with zero attached hydrogens (tertiary/aromatic N) is 3. The zero-order valence-corrected chi connectivity index (χ0v) is 14.8. The molecule has 3 atom stereocenters. The van der Waals surface area contributed by atoms with E-state index in [0.29, 0.717) is 18.9 Å². The van der Waals surface area contributed by atoms with Crippen LogP contribution in [0.1, 0.15) is 23.5 Å². The Morgan fingerprint density at radius 3 is 3.04 bits per heavy atom. The van der Waals surface area contributed by atoms with Gasteiger partial charge in [-0.05, 0) is 18.6 Å². The van der Waals surface area contributed by atoms with Crippen LogP contribution in [0, 0.1) is 5.92 Å². The number of hydrogen-bond donors (Lipinski definition) is 1. The first-order valence-corrected chi connectivity index (χ1v) is 9.57. The molecule has 0 bridgehead atoms. The van der Waals surface area contributed by atoms with Crippen molar-refractivity contribution in [2.24, 2.45) is 5.92 Å². The van der Waals surface area contributed by atoms with Crippen LogP contribution in [-0.2, 0) is 22.6 Å². The number of carbonyl (C=O) groups is 1. The maximum Gasteiger partial charge on any atom is 0.222 e. The topological polar surface area (TPSA) is 67.4 Å². The molecule has 4 rings (SSSR count). The van der Waals surface area contributed by atoms with Crippen molar-refractivity contribution in [3.63, 3.8) is 0 Å². The molecule has 7 heteroatoms. The molecule has 1 amide bonds. The summed E-state index contributed by atoms with van der Waals surface area (Å²) in [6.07, 6.45) is 5.30. The van der Waals surface area contributed by atoms with Crippen molar-refractivity contribution < 1.29 is 9.53 Å². The zero-order valence-electron chi connectivity index (χ0n) is 14.0. The highest BCUT2D eigenvalue weighted by molar-refractivity contribution is 7.09. The second-order valence-corrected chi connectivity index (χ2v) is 7.69. The van der Waals surface area contributed by atoms with E-state index >= 15 is 0 Å². The number of amides is 1. The predicted octanol–water partition coefficient (Wildman–Crippen LogP) is 1.83. The average molecular weight is 358 g/mol. The normalized spacial score (nSPS) is 25.8. The Morgan fingerprint density at radius 1 is 1.32 bits per heavy atom. The lowest BCUT2D eigenvalue weighted by molar-refractivity contribution is -0.124. The van der Waals surface area contributed by atoms with E-state index in [4.69, 9.17) is 4.74 Å². The Bertz CT molecular complexity index is 680. The van der Waals surface area contributed by atoms with Crippen LogP contribution in [0.5, 0.6) is 0 Å². The first-order valence-electron chi connectivity index (χ1n) is 8.69. The third-order valence-electron chi connectivity index (χ3n) is 4.84. The van der Waals surface area contributed by atoms with Gasteiger partial charge in [0.2, 0.25) is 5.91 Å². The zero-order chi connectivity index (χ0) is 17.1. The second-order valence-electron chi connectivity index (χ2n) is 6.71. The molecular weight excluding hydrogens is 336 g/mol. The quantitative estimate of drug-likeness (QED) is 0.853. The molecule has 0 aliphatic carbocycles. The SMILES string of the molecule is O=C(C[C@H]1C[C@H]2CN(Cc3nccs3)C[C@H]2O1)NCc1ccccn1. The van der Waals surface area contributed by atoms with Crippen molar-refractivity contribution in [2.75, 3.05) is 13.1 Å². The number of carbonyl (C=O) groups excluding carboxylic acids is 1. The van der Waals surface area contributed by atoms with Crippen molar-refractivity contribution in [1.29, 1.82) is 0 Å². The molecule has 0 saturated carbocycles. The van der Waals surface area contributed by atoms with Crippen molar-refractivity contribution in [3.8, 4) is 0 Å². The van der Waals surface area contributed by atoms with Gasteiger partial charge in [-0.2, -0.15) is 0 Å². The number of fused-ring (bicyclic) bond motifs is 1. The van der Waals surface area contributed by atoms with E-state index in [2.05, 4.69) is 20.2 Å². The van der Waals surface area contributed by atoms with Crippen LogP contribution in [0.2, 0.25) is 0 Å². The van der Waals surface area contributed by atoms with Gasteiger partial charge in [-0.1, -0.05) is 6.07 Å². The number of nitrogens with one attached hydrogen (secondary N) is 1. The molecule has 2 aliphatic rings. The Morgan fingerprint density at radius 2 is 2.28 bits per heavy atom. The minimum atomic E-state index is 0.0373. The van der Waals surface area contributed by atoms with Crippen LogP contribution in [0.25, 0.3) is 0 Å². The van der Waals surface area contributed by atoms with Crippen LogP contribution >= 0.6 is 11.3 Å². The summed E-state index contributed by atoms with van der Waals surface area (Å²) < 4.78 is 6.12. The van der Waals surface area contributed by atoms with Gasteiger partial charge in [-0.25, -0.2) is 4.98 Å². The lowest BCUT2D eigenvalue weighted by Crippen LogP contribution is -2.29. The average Bonchev–Trinajstić information content (AvgIpc) is 3.31. The standard InChI is InChI=1S/C18H22N4O2S/c23-17(21-9-14-3-1-2-4-19-14)8-15-7-13-10-22(11-16(13)24-15)12-18-20-5-6-25-18/h1-6,13,15-16H,7-12H2,(H,21,23)/t13-,15+,16+/m0/s1. The molecule has 0 radical (unpaired) electrons. The highest BCUT2D eigenvalue weighted by Crippen LogP contribution is 2.34. The van der Waals surface area contributed by atoms with Gasteiger partial charge in [0.15, 0.2) is 0 Å². The van der Waals surface area contributed by atoms with Crippen molar-refractivity contribution in [3.05, 3.63) is 46.7 Å². The summed E-state index contributed by atoms with van der Waals surface area (Å²) >= 11 is 1.70. The maximum absolute atomic E-state index is 12.1. The molecule has 4 heterocycles. The molecule has 0 aromatic carbocycles. The molecule has 2 aromatic heterocycles. The maximum atomic E-state index is 12.1. The van der Waals surface area contributed by atoms with Gasteiger partial charge in [0.05, 0.1) is 37.4 Å². The van der Waals surface area contributed by atoms with Gasteiger partial charge in [0.1, 0.15) is 5.01 Å². The number of likely N-dealkylation sites (tertiary alicyclic amines) is 1. The van der Waals surface area contributed by atoms with Crippen LogP contribution in [-0.4, -0.2) is 46.1 Å². The Hall–Kier alpha value is -1.83. The number of hydrogen-bond acceptors (Lipinski definition) is 6. The first-order chi connectivity index (χ1) is 12.3. The summed E-state index contributed by atoms with van der Waals surface area (Å²) in [5.41, 5.74) is 0.873. The predicted molar refractivity (Wildman–Crippen MR) is 94.9 cm³/mol. The Kier molecular flexibility index (Phi) is 5.05. The molecule has 1 N–H and O–H groups in total. The first kappa shape index (κ1) is 16.6. The third-order valence-corrected chi connectivity index (χ3v) is 5.60. The monoisotopic (exact) mass is 358 g/mol. The van der Waals surface area contributed by atoms with Gasteiger partial charge >= 0.3 is 0 Å². The number of pyridine rings is 1. The molecule has 25 heavy (non-hydrogen) atoms. The lowest BCUT2D eigenvalue weighted by Gasteiger charge is -2.18. The van der Waals surface area contributed by atoms with Crippen molar-refractivity contribution in [2.45, 2.75) is 38.1 Å². The number of ether oxygens (including phenoxy) is 1. The molecular formula is C18H22N4O2S. The third kappa shape index (κ3) is 4.23. The second kappa shape index (κ2) is 7.59. The van der Waals surface area contributed by atoms with Gasteiger partial charge in [-0.3, -0.25) is 14.7 Å². The fourth-order valence-corrected chi connectivity index (χ4v) is 4.36. The van der Waals surface area contributed by atoms with Gasteiger partial charge in [-0.15, -0.1) is 11.3 Å². The van der Waals surface area contributed by atoms with Crippen LogP contribution in [0.15, 0.2) is 36.0 Å². The number of thiazole rings is 1. The number of aromatic nitrogens is 2. The summed E-state index contributed by atoms with van der Waals surface area (Å²) in [6, 6.07) is 5.70. The van der Waals surface area contributed by atoms with E-state index in [1.807, 2.05) is 29.8 Å². The van der Waals surface area contributed by atoms with Gasteiger partial charge in [0, 0.05) is 36.8 Å². The summed E-state index contributed by atoms with van der Waals surface area (Å²) in [5, 5.41) is 6.11. The molecule has 0 spiro atoms. The summed E-state index contributed by atoms with van der Waals surface area (Å²) in [4.78, 5) is 23.1. The molecule has 2 fully saturated rings. The summed E-state index contributed by atoms with van der Waals surface area (Å²) in [5.74, 6) is 0.573. The lowest BCUT2D eigenvalue weighted by atomic mass is 10.0. The van der Waals surface area contributed by atoms with Crippen LogP contribution in [0.4, 0.5) is 0 Å². The fourth-order valence-electron chi connectivity index (χ4n) is 3.70. The molecule has 2 aromatic rings. The van der Waals surface area contributed by atoms with E-state index in [9.17, 15) is 4.79 Å².